The molecule has 40 heteroatoms. The van der Waals surface area contributed by atoms with Gasteiger partial charge in [0.25, 0.3) is 28.6 Å². The third-order valence-corrected chi connectivity index (χ3v) is 18.4. The van der Waals surface area contributed by atoms with E-state index in [2.05, 4.69) is 19.9 Å². The molecule has 0 saturated carbocycles. The fourth-order valence-corrected chi connectivity index (χ4v) is 14.5. The molecule has 0 bridgehead atoms. The van der Waals surface area contributed by atoms with Gasteiger partial charge in [0.15, 0.2) is 0 Å². The van der Waals surface area contributed by atoms with E-state index in [0.29, 0.717) is 0 Å². The predicted molar refractivity (Wildman–Crippen MR) is 275 cm³/mol. The number of nitrogen functional groups attached to an aromatic ring is 4. The van der Waals surface area contributed by atoms with Crippen LogP contribution in [0.5, 0.6) is 0 Å². The Labute approximate surface area is 451 Å². The molecule has 0 aromatic carbocycles. The second-order valence-corrected chi connectivity index (χ2v) is 28.4. The molecular formula is C36H48N12O20P4S4. The molecule has 416 valence electrons. The van der Waals surface area contributed by atoms with Crippen LogP contribution in [-0.2, 0) is 104 Å². The Kier molecular flexibility index (Phi) is 17.8. The summed E-state index contributed by atoms with van der Waals surface area (Å²) in [4.78, 5) is 113. The van der Waals surface area contributed by atoms with E-state index >= 15 is 0 Å². The van der Waals surface area contributed by atoms with E-state index in [0.717, 1.165) is 18.3 Å². The fourth-order valence-electron chi connectivity index (χ4n) is 8.59. The minimum absolute atomic E-state index is 0.0836. The zero-order valence-electron chi connectivity index (χ0n) is 38.8. The number of aromatic nitrogens is 8. The summed E-state index contributed by atoms with van der Waals surface area (Å²) >= 11 is 21.8. The van der Waals surface area contributed by atoms with Gasteiger partial charge < -0.3 is 90.9 Å². The van der Waals surface area contributed by atoms with Gasteiger partial charge in [-0.1, -0.05) is 0 Å². The van der Waals surface area contributed by atoms with Crippen molar-refractivity contribution in [3.8, 4) is 0 Å². The topological polar surface area (TPSA) is 435 Å². The molecule has 9 heterocycles. The summed E-state index contributed by atoms with van der Waals surface area (Å²) in [5.74, 6) is -0.334. The van der Waals surface area contributed by atoms with Crippen LogP contribution in [-0.4, -0.2) is 133 Å². The summed E-state index contributed by atoms with van der Waals surface area (Å²) in [5, 5.41) is 0. The lowest BCUT2D eigenvalue weighted by Crippen LogP contribution is -2.34. The first-order valence-corrected chi connectivity index (χ1v) is 32.8. The lowest BCUT2D eigenvalue weighted by atomic mass is 10.2. The maximum atomic E-state index is 13.0. The van der Waals surface area contributed by atoms with Gasteiger partial charge in [0.2, 0.25) is 0 Å². The van der Waals surface area contributed by atoms with Crippen molar-refractivity contribution < 1.29 is 74.7 Å². The maximum Gasteiger partial charge on any atom is 0.351 e. The lowest BCUT2D eigenvalue weighted by Gasteiger charge is -2.31. The van der Waals surface area contributed by atoms with Crippen molar-refractivity contribution in [3.05, 3.63) is 91.0 Å². The third-order valence-electron chi connectivity index (χ3n) is 12.1. The van der Waals surface area contributed by atoms with Crippen LogP contribution in [0.3, 0.4) is 0 Å². The highest BCUT2D eigenvalue weighted by atomic mass is 32.7. The molecule has 12 N–H and O–H groups in total. The van der Waals surface area contributed by atoms with Crippen LogP contribution in [0.4, 0.5) is 23.3 Å². The van der Waals surface area contributed by atoms with E-state index in [-0.39, 0.29) is 49.0 Å². The first kappa shape index (κ1) is 57.9. The molecular weight excluding hydrogens is 1170 g/mol. The molecule has 16 atom stereocenters. The molecule has 76 heavy (non-hydrogen) atoms. The fraction of sp³-hybridized carbons (Fsp3) is 0.556. The smallest absolute Gasteiger partial charge is 0.351 e. The Bertz CT molecular complexity index is 2600. The minimum Gasteiger partial charge on any atom is -0.459 e. The molecule has 5 fully saturated rings. The maximum absolute atomic E-state index is 13.0. The number of hydrogen-bond acceptors (Lipinski definition) is 32. The highest BCUT2D eigenvalue weighted by molar-refractivity contribution is 8.36. The number of anilines is 4. The van der Waals surface area contributed by atoms with Crippen LogP contribution in [0.1, 0.15) is 50.6 Å². The van der Waals surface area contributed by atoms with E-state index in [1.807, 2.05) is 0 Å². The third kappa shape index (κ3) is 14.2. The number of nitrogens with two attached hydrogens (primary N) is 4. The van der Waals surface area contributed by atoms with Crippen LogP contribution in [0.25, 0.3) is 0 Å². The van der Waals surface area contributed by atoms with E-state index in [1.165, 1.54) is 49.1 Å². The van der Waals surface area contributed by atoms with Crippen molar-refractivity contribution >= 4 is 101 Å². The van der Waals surface area contributed by atoms with Crippen LogP contribution in [0.2, 0.25) is 0 Å². The Morgan fingerprint density at radius 2 is 0.592 bits per heavy atom. The first-order valence-electron chi connectivity index (χ1n) is 22.4. The molecule has 0 aliphatic carbocycles. The Balaban J connectivity index is 1.03. The molecule has 4 aromatic heterocycles. The summed E-state index contributed by atoms with van der Waals surface area (Å²) in [6.07, 6.45) is -10.5. The number of ether oxygens (including phenoxy) is 4. The molecule has 5 saturated heterocycles. The highest BCUT2D eigenvalue weighted by Gasteiger charge is 2.52. The molecule has 32 nitrogen and oxygen atoms in total. The van der Waals surface area contributed by atoms with Crippen molar-refractivity contribution in [2.75, 3.05) is 49.4 Å². The number of nitrogens with zero attached hydrogens (tertiary/aromatic N) is 8. The minimum atomic E-state index is -4.42. The van der Waals surface area contributed by atoms with Crippen molar-refractivity contribution in [1.82, 2.24) is 38.2 Å². The van der Waals surface area contributed by atoms with Crippen molar-refractivity contribution in [2.45, 2.75) is 99.4 Å². The predicted octanol–water partition coefficient (Wildman–Crippen LogP) is -1.02. The van der Waals surface area contributed by atoms with Crippen molar-refractivity contribution in [2.24, 2.45) is 0 Å². The Morgan fingerprint density at radius 1 is 0.395 bits per heavy atom. The summed E-state index contributed by atoms with van der Waals surface area (Å²) in [5.41, 5.74) is 19.6. The average Bonchev–Trinajstić information content (AvgIpc) is 4.11. The zero-order valence-corrected chi connectivity index (χ0v) is 45.7. The quantitative estimate of drug-likeness (QED) is 0.0895. The number of rotatable bonds is 4. The molecule has 0 spiro atoms. The summed E-state index contributed by atoms with van der Waals surface area (Å²) in [7, 11) is -17.7. The normalized spacial score (nSPS) is 38.1. The van der Waals surface area contributed by atoms with Gasteiger partial charge in [-0.15, -0.1) is 0 Å². The van der Waals surface area contributed by atoms with Gasteiger partial charge >= 0.3 is 22.8 Å². The van der Waals surface area contributed by atoms with E-state index in [9.17, 15) is 38.8 Å². The van der Waals surface area contributed by atoms with Crippen LogP contribution < -0.4 is 45.7 Å². The second-order valence-electron chi connectivity index (χ2n) is 17.3. The standard InChI is InChI=1S/C36H48N12O20P4S4/c37-25-1-5-45(33(49)41-25)29-9-17-21(61-29)13-57-70(54,74)66-18-10-30(46-6-2-26(38)42-34(46)50)63-23(18)15-59-72(56,76)68-20-12-32(48-8-4-28(40)44-36(48)52)64-24(20)16-60-71(55,75)67-19-11-31(47-7-3-27(39)43-35(47)51)62-22(19)14-58-69(53,73)65-17/h1-8,17-24,29-32H,9-16H2,(H,53,73)(H,54,74)(H,55,75)(H,56,76)(H2,37,41,49)(H2,38,42,50)(H2,39,43,51)(H2,40,44,52)/t17-,18-,19-,20-,21+,22+,23+,24+,29+,30+,31+,32+,69?,70?,71?,72?/m0/s1. The first-order chi connectivity index (χ1) is 35.8. The van der Waals surface area contributed by atoms with Gasteiger partial charge in [0, 0.05) is 50.5 Å². The summed E-state index contributed by atoms with van der Waals surface area (Å²) in [6.45, 7) is -2.53. The number of fused-ring (bicyclic) bond motifs is 4. The van der Waals surface area contributed by atoms with Gasteiger partial charge in [-0.2, -0.15) is 56.1 Å². The molecule has 0 amide bonds. The average molecular weight is 1220 g/mol. The van der Waals surface area contributed by atoms with E-state index < -0.39 is 152 Å². The largest absolute Gasteiger partial charge is 0.459 e. The molecule has 0 radical (unpaired) electrons. The van der Waals surface area contributed by atoms with Gasteiger partial charge in [-0.25, -0.2) is 38.8 Å². The van der Waals surface area contributed by atoms with Crippen LogP contribution >= 0.6 is 28.6 Å². The van der Waals surface area contributed by atoms with E-state index in [1.54, 1.807) is 0 Å². The van der Waals surface area contributed by atoms with Gasteiger partial charge in [-0.05, 0) is 24.3 Å². The van der Waals surface area contributed by atoms with Gasteiger partial charge in [0.1, 0.15) is 123 Å². The monoisotopic (exact) mass is 1220 g/mol. The summed E-state index contributed by atoms with van der Waals surface area (Å²) < 4.78 is 76.1. The highest BCUT2D eigenvalue weighted by Crippen LogP contribution is 2.63. The second kappa shape index (κ2) is 23.4. The zero-order chi connectivity index (χ0) is 54.5. The number of hydrogen-bond donors (Lipinski definition) is 8. The van der Waals surface area contributed by atoms with Gasteiger partial charge in [0.05, 0.1) is 0 Å². The van der Waals surface area contributed by atoms with Crippen LogP contribution in [0, 0.1) is 0 Å². The molecule has 4 aromatic rings. The van der Waals surface area contributed by atoms with Gasteiger partial charge in [-0.3, -0.25) is 18.3 Å². The lowest BCUT2D eigenvalue weighted by molar-refractivity contribution is -0.0606. The SMILES string of the molecule is Nc1ccn([C@H]2C[C@@H]3O[P+](O)([S-])OC[C@H]4O[C@@H](n5ccc(N)nc5=O)C[C@@H]4O[P+](O)([S-])OC[C@H]4O[C@@H](n5ccc(N)nc5=O)C[C@@H]4O[P+](O)([S-])OC[C@H]4O[C@@H](n5ccc(N)nc5=O)C[C@@H]4O[P+](O)([S-])OC[C@H]3O2)c(=O)n1. The van der Waals surface area contributed by atoms with Crippen molar-refractivity contribution in [1.29, 1.82) is 0 Å². The molecule has 4 unspecified atom stereocenters. The van der Waals surface area contributed by atoms with E-state index in [4.69, 9.17) is 127 Å². The molecule has 5 aliphatic heterocycles. The van der Waals surface area contributed by atoms with Crippen molar-refractivity contribution in [3.63, 3.8) is 0 Å². The molecule has 5 aliphatic rings. The molecule has 9 rings (SSSR count). The Hall–Kier alpha value is -2.80. The summed E-state index contributed by atoms with van der Waals surface area (Å²) in [6, 6.07) is 5.34. The van der Waals surface area contributed by atoms with Crippen LogP contribution in [0.15, 0.2) is 68.2 Å². The Morgan fingerprint density at radius 3 is 0.776 bits per heavy atom.